The van der Waals surface area contributed by atoms with Crippen molar-refractivity contribution in [1.29, 1.82) is 0 Å². The van der Waals surface area contributed by atoms with Gasteiger partial charge in [-0.15, -0.1) is 0 Å². The standard InChI is InChI=1S/C29H17NO4/c31-28-24-23(18-14-13-16-7-1-2-8-17(16)15-18)25-27(20-10-4-6-12-22(20)34-29(25)32)30-26(24)19-9-3-5-11-21(19)33-28/h1-15,23,30H. The van der Waals surface area contributed by atoms with Gasteiger partial charge in [-0.05, 0) is 40.6 Å². The third kappa shape index (κ3) is 2.61. The SMILES string of the molecule is O=c1oc2ccccc2c2c1C(c1ccc3ccccc3c1)c1c(c3ccccc3oc1=O)N2. The molecule has 162 valence electrons. The van der Waals surface area contributed by atoms with Crippen LogP contribution in [0, 0.1) is 0 Å². The number of fused-ring (bicyclic) bond motifs is 7. The Morgan fingerprint density at radius 1 is 0.588 bits per heavy atom. The summed E-state index contributed by atoms with van der Waals surface area (Å²) in [6, 6.07) is 28.9. The third-order valence-corrected chi connectivity index (χ3v) is 6.63. The minimum Gasteiger partial charge on any atom is -0.422 e. The molecule has 1 aliphatic rings. The first kappa shape index (κ1) is 18.9. The molecule has 0 saturated carbocycles. The van der Waals surface area contributed by atoms with Crippen molar-refractivity contribution in [3.05, 3.63) is 129 Å². The molecular formula is C29H17NO4. The van der Waals surface area contributed by atoms with Gasteiger partial charge >= 0.3 is 11.3 Å². The van der Waals surface area contributed by atoms with Crippen LogP contribution in [0.5, 0.6) is 0 Å². The van der Waals surface area contributed by atoms with Crippen LogP contribution in [0.1, 0.15) is 22.6 Å². The number of para-hydroxylation sites is 2. The van der Waals surface area contributed by atoms with Gasteiger partial charge in [-0.2, -0.15) is 0 Å². The smallest absolute Gasteiger partial charge is 0.342 e. The van der Waals surface area contributed by atoms with Crippen molar-refractivity contribution in [3.8, 4) is 0 Å². The Hall–Kier alpha value is -4.64. The highest BCUT2D eigenvalue weighted by Gasteiger charge is 2.36. The van der Waals surface area contributed by atoms with Gasteiger partial charge in [-0.25, -0.2) is 9.59 Å². The Labute approximate surface area is 192 Å². The molecule has 2 aromatic heterocycles. The molecule has 1 aliphatic heterocycles. The molecule has 0 radical (unpaired) electrons. The summed E-state index contributed by atoms with van der Waals surface area (Å²) in [7, 11) is 0. The maximum atomic E-state index is 13.4. The maximum Gasteiger partial charge on any atom is 0.342 e. The Morgan fingerprint density at radius 2 is 1.12 bits per heavy atom. The summed E-state index contributed by atoms with van der Waals surface area (Å²) in [6.07, 6.45) is 0. The summed E-state index contributed by atoms with van der Waals surface area (Å²) in [4.78, 5) is 26.7. The van der Waals surface area contributed by atoms with E-state index in [2.05, 4.69) is 5.32 Å². The average molecular weight is 443 g/mol. The van der Waals surface area contributed by atoms with Crippen LogP contribution in [-0.4, -0.2) is 0 Å². The minimum atomic E-state index is -0.641. The van der Waals surface area contributed by atoms with Gasteiger partial charge in [0.05, 0.1) is 28.4 Å². The largest absolute Gasteiger partial charge is 0.422 e. The highest BCUT2D eigenvalue weighted by Crippen LogP contribution is 2.47. The number of hydrogen-bond acceptors (Lipinski definition) is 5. The van der Waals surface area contributed by atoms with Gasteiger partial charge in [0.1, 0.15) is 11.2 Å². The van der Waals surface area contributed by atoms with E-state index in [-0.39, 0.29) is 0 Å². The van der Waals surface area contributed by atoms with Crippen molar-refractivity contribution in [3.63, 3.8) is 0 Å². The Bertz CT molecular complexity index is 1800. The van der Waals surface area contributed by atoms with E-state index in [4.69, 9.17) is 8.83 Å². The second-order valence-corrected chi connectivity index (χ2v) is 8.51. The summed E-state index contributed by atoms with van der Waals surface area (Å²) in [5, 5.41) is 7.10. The summed E-state index contributed by atoms with van der Waals surface area (Å²) in [5.74, 6) is -0.641. The second-order valence-electron chi connectivity index (χ2n) is 8.51. The Morgan fingerprint density at radius 3 is 1.74 bits per heavy atom. The zero-order chi connectivity index (χ0) is 22.8. The molecule has 34 heavy (non-hydrogen) atoms. The normalized spacial score (nSPS) is 13.1. The molecule has 1 N–H and O–H groups in total. The number of benzene rings is 4. The van der Waals surface area contributed by atoms with E-state index in [1.54, 1.807) is 12.1 Å². The molecule has 0 unspecified atom stereocenters. The number of rotatable bonds is 1. The van der Waals surface area contributed by atoms with Crippen LogP contribution in [0.3, 0.4) is 0 Å². The molecule has 0 amide bonds. The van der Waals surface area contributed by atoms with E-state index in [0.717, 1.165) is 27.1 Å². The fourth-order valence-electron chi connectivity index (χ4n) is 5.11. The van der Waals surface area contributed by atoms with Crippen molar-refractivity contribution in [2.75, 3.05) is 5.32 Å². The van der Waals surface area contributed by atoms with Crippen LogP contribution in [0.25, 0.3) is 32.7 Å². The van der Waals surface area contributed by atoms with Crippen LogP contribution in [0.15, 0.2) is 109 Å². The number of hydrogen-bond donors (Lipinski definition) is 1. The zero-order valence-electron chi connectivity index (χ0n) is 17.9. The molecule has 0 spiro atoms. The predicted octanol–water partition coefficient (Wildman–Crippen LogP) is 6.29. The molecule has 0 fully saturated rings. The molecule has 0 aliphatic carbocycles. The fourth-order valence-corrected chi connectivity index (χ4v) is 5.11. The van der Waals surface area contributed by atoms with Crippen LogP contribution in [-0.2, 0) is 0 Å². The van der Waals surface area contributed by atoms with Gasteiger partial charge in [-0.3, -0.25) is 0 Å². The first-order valence-electron chi connectivity index (χ1n) is 11.1. The van der Waals surface area contributed by atoms with Crippen LogP contribution in [0.4, 0.5) is 11.4 Å². The van der Waals surface area contributed by atoms with Gasteiger partial charge < -0.3 is 14.2 Å². The maximum absolute atomic E-state index is 13.4. The average Bonchev–Trinajstić information content (AvgIpc) is 2.87. The molecular weight excluding hydrogens is 426 g/mol. The molecule has 0 bridgehead atoms. The molecule has 7 rings (SSSR count). The number of nitrogens with one attached hydrogen (secondary N) is 1. The zero-order valence-corrected chi connectivity index (χ0v) is 17.9. The van der Waals surface area contributed by atoms with Crippen LogP contribution in [0.2, 0.25) is 0 Å². The molecule has 5 nitrogen and oxygen atoms in total. The summed E-state index contributed by atoms with van der Waals surface area (Å²) < 4.78 is 11.4. The van der Waals surface area contributed by atoms with E-state index >= 15 is 0 Å². The van der Waals surface area contributed by atoms with Crippen molar-refractivity contribution in [2.24, 2.45) is 0 Å². The topological polar surface area (TPSA) is 72.5 Å². The molecule has 6 aromatic rings. The molecule has 4 aromatic carbocycles. The summed E-state index contributed by atoms with van der Waals surface area (Å²) in [5.41, 5.74) is 3.00. The first-order valence-corrected chi connectivity index (χ1v) is 11.1. The Kier molecular flexibility index (Phi) is 3.85. The van der Waals surface area contributed by atoms with Gasteiger partial charge in [0.2, 0.25) is 0 Å². The van der Waals surface area contributed by atoms with Gasteiger partial charge in [0.15, 0.2) is 0 Å². The lowest BCUT2D eigenvalue weighted by Crippen LogP contribution is -2.27. The highest BCUT2D eigenvalue weighted by molar-refractivity contribution is 6.02. The second kappa shape index (κ2) is 6.93. The lowest BCUT2D eigenvalue weighted by molar-refractivity contribution is 0.535. The highest BCUT2D eigenvalue weighted by atomic mass is 16.4. The van der Waals surface area contributed by atoms with E-state index in [0.29, 0.717) is 33.7 Å². The lowest BCUT2D eigenvalue weighted by atomic mass is 9.81. The molecule has 0 saturated heterocycles. The predicted molar refractivity (Wildman–Crippen MR) is 133 cm³/mol. The summed E-state index contributed by atoms with van der Waals surface area (Å²) in [6.45, 7) is 0. The van der Waals surface area contributed by atoms with Crippen LogP contribution < -0.4 is 16.6 Å². The third-order valence-electron chi connectivity index (χ3n) is 6.63. The van der Waals surface area contributed by atoms with Crippen molar-refractivity contribution >= 4 is 44.1 Å². The van der Waals surface area contributed by atoms with Crippen molar-refractivity contribution < 1.29 is 8.83 Å². The van der Waals surface area contributed by atoms with Gasteiger partial charge in [0, 0.05) is 10.8 Å². The summed E-state index contributed by atoms with van der Waals surface area (Å²) >= 11 is 0. The fraction of sp³-hybridized carbons (Fsp3) is 0.0345. The minimum absolute atomic E-state index is 0.407. The Balaban J connectivity index is 1.64. The quantitative estimate of drug-likeness (QED) is 0.302. The molecule has 3 heterocycles. The van der Waals surface area contributed by atoms with Gasteiger partial charge in [0.25, 0.3) is 0 Å². The van der Waals surface area contributed by atoms with Crippen LogP contribution >= 0.6 is 0 Å². The van der Waals surface area contributed by atoms with E-state index in [1.807, 2.05) is 78.9 Å². The molecule has 5 heteroatoms. The van der Waals surface area contributed by atoms with E-state index in [9.17, 15) is 9.59 Å². The van der Waals surface area contributed by atoms with E-state index in [1.165, 1.54) is 0 Å². The van der Waals surface area contributed by atoms with E-state index < -0.39 is 17.2 Å². The first-order chi connectivity index (χ1) is 16.7. The van der Waals surface area contributed by atoms with Gasteiger partial charge in [-0.1, -0.05) is 66.7 Å². The van der Waals surface area contributed by atoms with Crippen molar-refractivity contribution in [2.45, 2.75) is 5.92 Å². The monoisotopic (exact) mass is 443 g/mol. The number of anilines is 2. The van der Waals surface area contributed by atoms with Crippen molar-refractivity contribution in [1.82, 2.24) is 0 Å². The lowest BCUT2D eigenvalue weighted by Gasteiger charge is -2.29. The molecule has 0 atom stereocenters.